The highest BCUT2D eigenvalue weighted by Gasteiger charge is 2.27. The van der Waals surface area contributed by atoms with Crippen molar-refractivity contribution in [3.8, 4) is 11.3 Å². The highest BCUT2D eigenvalue weighted by atomic mass is 35.5. The van der Waals surface area contributed by atoms with Gasteiger partial charge in [-0.05, 0) is 24.3 Å². The molecule has 4 rings (SSSR count). The van der Waals surface area contributed by atoms with Gasteiger partial charge in [-0.2, -0.15) is 5.10 Å². The van der Waals surface area contributed by atoms with Crippen LogP contribution in [0.15, 0.2) is 24.4 Å². The first-order valence-electron chi connectivity index (χ1n) is 8.10. The van der Waals surface area contributed by atoms with Crippen molar-refractivity contribution in [3.63, 3.8) is 0 Å². The van der Waals surface area contributed by atoms with Crippen LogP contribution in [-0.4, -0.2) is 27.1 Å². The summed E-state index contributed by atoms with van der Waals surface area (Å²) in [5.41, 5.74) is 6.53. The molecule has 2 aliphatic heterocycles. The molecule has 0 fully saturated rings. The smallest absolute Gasteiger partial charge is 0.219 e. The Hall–Kier alpha value is -2.27. The van der Waals surface area contributed by atoms with Gasteiger partial charge in [-0.3, -0.25) is 9.48 Å². The fraction of sp³-hybridized carbons (Fsp3) is 0.333. The number of anilines is 1. The van der Waals surface area contributed by atoms with Crippen molar-refractivity contribution in [2.45, 2.75) is 26.3 Å². The predicted molar refractivity (Wildman–Crippen MR) is 94.9 cm³/mol. The molecule has 5 nitrogen and oxygen atoms in total. The zero-order valence-corrected chi connectivity index (χ0v) is 14.5. The van der Waals surface area contributed by atoms with Gasteiger partial charge in [0.15, 0.2) is 0 Å². The lowest BCUT2D eigenvalue weighted by Crippen LogP contribution is -2.34. The highest BCUT2D eigenvalue weighted by molar-refractivity contribution is 6.33. The summed E-state index contributed by atoms with van der Waals surface area (Å²) in [4.78, 5) is 13.7. The molecular formula is C18H19ClN4O. The van der Waals surface area contributed by atoms with E-state index >= 15 is 0 Å². The molecule has 0 saturated heterocycles. The van der Waals surface area contributed by atoms with Gasteiger partial charge in [0.1, 0.15) is 0 Å². The zero-order chi connectivity index (χ0) is 16.8. The molecule has 1 amide bonds. The minimum atomic E-state index is 0.109. The summed E-state index contributed by atoms with van der Waals surface area (Å²) in [6.07, 6.45) is 5.66. The number of allylic oxidation sites excluding steroid dienone is 1. The van der Waals surface area contributed by atoms with Crippen molar-refractivity contribution in [1.29, 1.82) is 0 Å². The predicted octanol–water partition coefficient (Wildman–Crippen LogP) is 3.13. The molecule has 3 heterocycles. The number of halogens is 1. The molecule has 0 atom stereocenters. The molecule has 0 aliphatic carbocycles. The number of hydrogen-bond acceptors (Lipinski definition) is 3. The summed E-state index contributed by atoms with van der Waals surface area (Å²) in [7, 11) is 1.98. The van der Waals surface area contributed by atoms with Crippen LogP contribution in [-0.2, 0) is 31.2 Å². The van der Waals surface area contributed by atoms with Crippen LogP contribution in [0.5, 0.6) is 0 Å². The second kappa shape index (κ2) is 5.67. The molecule has 0 radical (unpaired) electrons. The Labute approximate surface area is 145 Å². The number of nitrogens with zero attached hydrogens (tertiary/aromatic N) is 3. The number of benzene rings is 1. The molecule has 0 spiro atoms. The number of rotatable bonds is 1. The van der Waals surface area contributed by atoms with Gasteiger partial charge >= 0.3 is 0 Å². The van der Waals surface area contributed by atoms with Crippen LogP contribution in [0, 0.1) is 0 Å². The Morgan fingerprint density at radius 3 is 2.96 bits per heavy atom. The Morgan fingerprint density at radius 1 is 1.33 bits per heavy atom. The number of carbonyl (C=O) groups is 1. The molecule has 124 valence electrons. The monoisotopic (exact) mass is 342 g/mol. The second-order valence-electron chi connectivity index (χ2n) is 6.29. The van der Waals surface area contributed by atoms with Crippen LogP contribution < -0.4 is 5.32 Å². The summed E-state index contributed by atoms with van der Waals surface area (Å²) in [6.45, 7) is 3.00. The average Bonchev–Trinajstić information content (AvgIpc) is 2.92. The number of amides is 1. The average molecular weight is 343 g/mol. The third kappa shape index (κ3) is 2.31. The molecule has 1 aromatic heterocycles. The van der Waals surface area contributed by atoms with Crippen LogP contribution in [0.1, 0.15) is 23.7 Å². The van der Waals surface area contributed by atoms with Gasteiger partial charge in [0.2, 0.25) is 5.91 Å². The molecule has 2 aromatic rings. The van der Waals surface area contributed by atoms with Gasteiger partial charge in [-0.1, -0.05) is 23.7 Å². The quantitative estimate of drug-likeness (QED) is 0.866. The molecule has 0 bridgehead atoms. The summed E-state index contributed by atoms with van der Waals surface area (Å²) in [6, 6.07) is 3.95. The van der Waals surface area contributed by atoms with E-state index in [1.165, 1.54) is 5.69 Å². The number of fused-ring (bicyclic) bond motifs is 2. The summed E-state index contributed by atoms with van der Waals surface area (Å²) >= 11 is 6.34. The summed E-state index contributed by atoms with van der Waals surface area (Å²) < 4.78 is 1.95. The molecule has 24 heavy (non-hydrogen) atoms. The lowest BCUT2D eigenvalue weighted by Gasteiger charge is -2.27. The van der Waals surface area contributed by atoms with Gasteiger partial charge in [-0.15, -0.1) is 0 Å². The maximum absolute atomic E-state index is 11.8. The highest BCUT2D eigenvalue weighted by Crippen LogP contribution is 2.39. The van der Waals surface area contributed by atoms with Gasteiger partial charge in [0.05, 0.1) is 16.4 Å². The van der Waals surface area contributed by atoms with Crippen molar-refractivity contribution < 1.29 is 4.79 Å². The van der Waals surface area contributed by atoms with Crippen molar-refractivity contribution in [2.24, 2.45) is 7.05 Å². The van der Waals surface area contributed by atoms with Crippen LogP contribution in [0.3, 0.4) is 0 Å². The molecule has 6 heteroatoms. The first kappa shape index (κ1) is 15.3. The van der Waals surface area contributed by atoms with E-state index in [0.717, 1.165) is 47.5 Å². The number of aromatic nitrogens is 2. The van der Waals surface area contributed by atoms with Crippen LogP contribution in [0.4, 0.5) is 5.69 Å². The van der Waals surface area contributed by atoms with Crippen LogP contribution in [0.2, 0.25) is 5.02 Å². The van der Waals surface area contributed by atoms with Gasteiger partial charge in [0, 0.05) is 50.3 Å². The molecule has 1 N–H and O–H groups in total. The maximum atomic E-state index is 11.8. The Bertz CT molecular complexity index is 868. The third-order valence-corrected chi connectivity index (χ3v) is 5.19. The molecule has 1 aromatic carbocycles. The maximum Gasteiger partial charge on any atom is 0.219 e. The van der Waals surface area contributed by atoms with E-state index in [-0.39, 0.29) is 5.91 Å². The van der Waals surface area contributed by atoms with Gasteiger partial charge in [-0.25, -0.2) is 0 Å². The zero-order valence-electron chi connectivity index (χ0n) is 13.8. The largest absolute Gasteiger partial charge is 0.361 e. The number of hydrogen-bond donors (Lipinski definition) is 1. The van der Waals surface area contributed by atoms with Crippen molar-refractivity contribution in [3.05, 3.63) is 46.3 Å². The Balaban J connectivity index is 1.87. The van der Waals surface area contributed by atoms with E-state index in [0.29, 0.717) is 11.6 Å². The third-order valence-electron chi connectivity index (χ3n) is 4.87. The number of carbonyl (C=O) groups excluding carboxylic acids is 1. The second-order valence-corrected chi connectivity index (χ2v) is 6.69. The van der Waals surface area contributed by atoms with Gasteiger partial charge < -0.3 is 10.2 Å². The summed E-state index contributed by atoms with van der Waals surface area (Å²) in [5, 5.41) is 8.74. The topological polar surface area (TPSA) is 50.2 Å². The molecular weight excluding hydrogens is 324 g/mol. The van der Waals surface area contributed by atoms with E-state index in [4.69, 9.17) is 16.7 Å². The standard InChI is InChI=1S/C18H19ClN4O/c1-11(24)23-9-7-16-14(10-23)17(21-22(16)2)13-5-6-15(19)18-12(13)4-3-8-20-18/h3,5-6,8,20H,4,7,9-10H2,1-2H3. The van der Waals surface area contributed by atoms with Crippen molar-refractivity contribution in [1.82, 2.24) is 14.7 Å². The van der Waals surface area contributed by atoms with E-state index in [2.05, 4.69) is 11.4 Å². The minimum Gasteiger partial charge on any atom is -0.361 e. The van der Waals surface area contributed by atoms with E-state index in [9.17, 15) is 4.79 Å². The first-order chi connectivity index (χ1) is 11.6. The number of aryl methyl sites for hydroxylation is 1. The fourth-order valence-electron chi connectivity index (χ4n) is 3.61. The fourth-order valence-corrected chi connectivity index (χ4v) is 3.84. The Kier molecular flexibility index (Phi) is 3.61. The van der Waals surface area contributed by atoms with Crippen LogP contribution in [0.25, 0.3) is 11.3 Å². The van der Waals surface area contributed by atoms with Gasteiger partial charge in [0.25, 0.3) is 0 Å². The minimum absolute atomic E-state index is 0.109. The van der Waals surface area contributed by atoms with E-state index < -0.39 is 0 Å². The van der Waals surface area contributed by atoms with Crippen molar-refractivity contribution >= 4 is 23.2 Å². The first-order valence-corrected chi connectivity index (χ1v) is 8.47. The van der Waals surface area contributed by atoms with Crippen LogP contribution >= 0.6 is 11.6 Å². The number of nitrogens with one attached hydrogen (secondary N) is 1. The Morgan fingerprint density at radius 2 is 2.17 bits per heavy atom. The molecule has 0 unspecified atom stereocenters. The normalized spacial score (nSPS) is 15.7. The van der Waals surface area contributed by atoms with Crippen molar-refractivity contribution in [2.75, 3.05) is 11.9 Å². The summed E-state index contributed by atoms with van der Waals surface area (Å²) in [5.74, 6) is 0.109. The molecule has 2 aliphatic rings. The molecule has 0 saturated carbocycles. The van der Waals surface area contributed by atoms with E-state index in [1.807, 2.05) is 35.0 Å². The SMILES string of the molecule is CC(=O)N1CCc2c(c(-c3ccc(Cl)c4c3CC=CN4)nn2C)C1. The van der Waals surface area contributed by atoms with E-state index in [1.54, 1.807) is 6.92 Å². The lowest BCUT2D eigenvalue weighted by atomic mass is 9.94. The lowest BCUT2D eigenvalue weighted by molar-refractivity contribution is -0.129.